The van der Waals surface area contributed by atoms with Crippen molar-refractivity contribution in [1.82, 2.24) is 4.98 Å². The van der Waals surface area contributed by atoms with Gasteiger partial charge < -0.3 is 9.52 Å². The van der Waals surface area contributed by atoms with Crippen LogP contribution in [0.1, 0.15) is 64.5 Å². The number of nitrogens with zero attached hydrogens (tertiary/aromatic N) is 2. The van der Waals surface area contributed by atoms with Crippen LogP contribution < -0.4 is 0 Å². The van der Waals surface area contributed by atoms with E-state index in [1.54, 1.807) is 12.1 Å². The molecule has 1 aromatic heterocycles. The zero-order valence-electron chi connectivity index (χ0n) is 15.1. The van der Waals surface area contributed by atoms with Gasteiger partial charge in [0, 0.05) is 17.1 Å². The van der Waals surface area contributed by atoms with Crippen LogP contribution in [0.2, 0.25) is 5.02 Å². The van der Waals surface area contributed by atoms with Gasteiger partial charge in [-0.2, -0.15) is 0 Å². The Bertz CT molecular complexity index is 678. The lowest BCUT2D eigenvalue weighted by Crippen LogP contribution is -1.98. The normalized spacial score (nSPS) is 11.9. The molecule has 25 heavy (non-hydrogen) atoms. The van der Waals surface area contributed by atoms with E-state index in [9.17, 15) is 5.11 Å². The summed E-state index contributed by atoms with van der Waals surface area (Å²) in [5, 5.41) is 10.7. The molecule has 0 spiro atoms. The molecule has 2 rings (SSSR count). The Hall–Kier alpha value is -1.81. The first-order valence-corrected chi connectivity index (χ1v) is 9.46. The predicted molar refractivity (Wildman–Crippen MR) is 104 cm³/mol. The molecule has 0 saturated heterocycles. The minimum absolute atomic E-state index is 0.189. The van der Waals surface area contributed by atoms with Crippen molar-refractivity contribution in [2.24, 2.45) is 4.99 Å². The number of hydrogen-bond acceptors (Lipinski definition) is 4. The molecule has 5 heteroatoms. The van der Waals surface area contributed by atoms with E-state index in [2.05, 4.69) is 16.9 Å². The van der Waals surface area contributed by atoms with Gasteiger partial charge >= 0.3 is 5.95 Å². The molecule has 0 aliphatic rings. The molecule has 1 heterocycles. The van der Waals surface area contributed by atoms with Crippen LogP contribution in [0.3, 0.4) is 0 Å². The van der Waals surface area contributed by atoms with Gasteiger partial charge in [-0.05, 0) is 37.6 Å². The highest BCUT2D eigenvalue weighted by atomic mass is 35.5. The van der Waals surface area contributed by atoms with E-state index >= 15 is 0 Å². The summed E-state index contributed by atoms with van der Waals surface area (Å²) in [5.74, 6) is 0.181. The van der Waals surface area contributed by atoms with Crippen LogP contribution in [0.5, 0.6) is 5.95 Å². The summed E-state index contributed by atoms with van der Waals surface area (Å²) in [6, 6.07) is 7.14. The van der Waals surface area contributed by atoms with Gasteiger partial charge in [0.25, 0.3) is 0 Å². The summed E-state index contributed by atoms with van der Waals surface area (Å²) in [4.78, 5) is 8.89. The first kappa shape index (κ1) is 19.5. The summed E-state index contributed by atoms with van der Waals surface area (Å²) in [6.45, 7) is 4.84. The minimum Gasteiger partial charge on any atom is -0.479 e. The number of aromatic hydroxyl groups is 1. The molecule has 0 saturated carbocycles. The molecule has 1 aromatic carbocycles. The van der Waals surface area contributed by atoms with E-state index in [1.807, 2.05) is 19.1 Å². The molecule has 0 fully saturated rings. The fourth-order valence-corrected chi connectivity index (χ4v) is 2.78. The highest BCUT2D eigenvalue weighted by Gasteiger charge is 2.16. The van der Waals surface area contributed by atoms with Crippen LogP contribution in [0.15, 0.2) is 33.7 Å². The fraction of sp³-hybridized carbons (Fsp3) is 0.500. The van der Waals surface area contributed by atoms with E-state index in [0.717, 1.165) is 18.5 Å². The Balaban J connectivity index is 1.87. The SMILES string of the molecule is CCCCCCCCCN=C(C)c1nc(-c2ccc(Cl)cc2)oc1O. The molecule has 0 bridgehead atoms. The second-order valence-corrected chi connectivity index (χ2v) is 6.70. The van der Waals surface area contributed by atoms with E-state index in [0.29, 0.717) is 22.3 Å². The van der Waals surface area contributed by atoms with Crippen LogP contribution in [0, 0.1) is 0 Å². The number of rotatable bonds is 10. The summed E-state index contributed by atoms with van der Waals surface area (Å²) < 4.78 is 5.36. The third-order valence-corrected chi connectivity index (χ3v) is 4.41. The molecule has 0 aliphatic carbocycles. The number of aromatic nitrogens is 1. The third kappa shape index (κ3) is 6.20. The van der Waals surface area contributed by atoms with Crippen LogP contribution in [0.4, 0.5) is 0 Å². The van der Waals surface area contributed by atoms with Gasteiger partial charge in [-0.3, -0.25) is 4.99 Å². The second kappa shape index (κ2) is 10.2. The third-order valence-electron chi connectivity index (χ3n) is 4.15. The summed E-state index contributed by atoms with van der Waals surface area (Å²) in [5.41, 5.74) is 1.88. The predicted octanol–water partition coefficient (Wildman–Crippen LogP) is 6.26. The Morgan fingerprint density at radius 2 is 1.72 bits per heavy atom. The maximum absolute atomic E-state index is 10.0. The van der Waals surface area contributed by atoms with Crippen molar-refractivity contribution < 1.29 is 9.52 Å². The van der Waals surface area contributed by atoms with Crippen molar-refractivity contribution in [3.63, 3.8) is 0 Å². The van der Waals surface area contributed by atoms with Crippen molar-refractivity contribution in [3.05, 3.63) is 35.0 Å². The van der Waals surface area contributed by atoms with Crippen LogP contribution >= 0.6 is 11.6 Å². The van der Waals surface area contributed by atoms with Crippen molar-refractivity contribution in [2.75, 3.05) is 6.54 Å². The monoisotopic (exact) mass is 362 g/mol. The first-order chi connectivity index (χ1) is 12.1. The lowest BCUT2D eigenvalue weighted by atomic mass is 10.1. The summed E-state index contributed by atoms with van der Waals surface area (Å²) in [6.07, 6.45) is 8.78. The quantitative estimate of drug-likeness (QED) is 0.400. The molecule has 2 aromatic rings. The number of hydrogen-bond donors (Lipinski definition) is 1. The van der Waals surface area contributed by atoms with Gasteiger partial charge in [0.05, 0.1) is 5.71 Å². The molecule has 4 nitrogen and oxygen atoms in total. The maximum Gasteiger partial charge on any atom is 0.312 e. The Morgan fingerprint density at radius 1 is 1.08 bits per heavy atom. The molecule has 0 amide bonds. The van der Waals surface area contributed by atoms with Crippen LogP contribution in [-0.2, 0) is 0 Å². The molecule has 0 aliphatic heterocycles. The molecular formula is C20H27ClN2O2. The number of unbranched alkanes of at least 4 members (excludes halogenated alkanes) is 6. The minimum atomic E-state index is -0.189. The molecule has 1 N–H and O–H groups in total. The number of halogens is 1. The molecule has 0 unspecified atom stereocenters. The zero-order chi connectivity index (χ0) is 18.1. The van der Waals surface area contributed by atoms with Gasteiger partial charge in [-0.15, -0.1) is 0 Å². The standard InChI is InChI=1S/C20H27ClN2O2/c1-3-4-5-6-7-8-9-14-22-15(2)18-20(24)25-19(23-18)16-10-12-17(21)13-11-16/h10-13,24H,3-9,14H2,1-2H3. The first-order valence-electron chi connectivity index (χ1n) is 9.09. The van der Waals surface area contributed by atoms with Gasteiger partial charge in [-0.25, -0.2) is 4.98 Å². The highest BCUT2D eigenvalue weighted by Crippen LogP contribution is 2.27. The Morgan fingerprint density at radius 3 is 2.40 bits per heavy atom. The average molecular weight is 363 g/mol. The van der Waals surface area contributed by atoms with Crippen molar-refractivity contribution >= 4 is 17.3 Å². The van der Waals surface area contributed by atoms with Gasteiger partial charge in [0.15, 0.2) is 5.69 Å². The maximum atomic E-state index is 10.0. The highest BCUT2D eigenvalue weighted by molar-refractivity contribution is 6.30. The van der Waals surface area contributed by atoms with Gasteiger partial charge in [-0.1, -0.05) is 57.0 Å². The van der Waals surface area contributed by atoms with Gasteiger partial charge in [0.1, 0.15) is 0 Å². The lowest BCUT2D eigenvalue weighted by Gasteiger charge is -2.00. The molecular weight excluding hydrogens is 336 g/mol. The topological polar surface area (TPSA) is 58.6 Å². The Kier molecular flexibility index (Phi) is 7.99. The van der Waals surface area contributed by atoms with Crippen molar-refractivity contribution in [1.29, 1.82) is 0 Å². The zero-order valence-corrected chi connectivity index (χ0v) is 15.9. The smallest absolute Gasteiger partial charge is 0.312 e. The van der Waals surface area contributed by atoms with E-state index in [-0.39, 0.29) is 5.95 Å². The van der Waals surface area contributed by atoms with E-state index in [1.165, 1.54) is 38.5 Å². The number of aliphatic imine (C=N–C) groups is 1. The van der Waals surface area contributed by atoms with E-state index < -0.39 is 0 Å². The fourth-order valence-electron chi connectivity index (χ4n) is 2.65. The lowest BCUT2D eigenvalue weighted by molar-refractivity contribution is 0.336. The number of oxazole rings is 1. The second-order valence-electron chi connectivity index (χ2n) is 6.27. The van der Waals surface area contributed by atoms with E-state index in [4.69, 9.17) is 16.0 Å². The molecule has 0 atom stereocenters. The number of benzene rings is 1. The van der Waals surface area contributed by atoms with Crippen molar-refractivity contribution in [3.8, 4) is 17.4 Å². The van der Waals surface area contributed by atoms with Crippen LogP contribution in [-0.4, -0.2) is 22.3 Å². The average Bonchev–Trinajstić information content (AvgIpc) is 2.99. The summed E-state index contributed by atoms with van der Waals surface area (Å²) >= 11 is 5.88. The summed E-state index contributed by atoms with van der Waals surface area (Å²) in [7, 11) is 0. The molecule has 136 valence electrons. The van der Waals surface area contributed by atoms with Crippen molar-refractivity contribution in [2.45, 2.75) is 58.8 Å². The van der Waals surface area contributed by atoms with Gasteiger partial charge in [0.2, 0.25) is 5.89 Å². The molecule has 0 radical (unpaired) electrons. The van der Waals surface area contributed by atoms with Crippen LogP contribution in [0.25, 0.3) is 11.5 Å². The largest absolute Gasteiger partial charge is 0.479 e. The Labute approximate surface area is 155 Å².